The van der Waals surface area contributed by atoms with E-state index < -0.39 is 41.5 Å². The summed E-state index contributed by atoms with van der Waals surface area (Å²) >= 11 is 0. The van der Waals surface area contributed by atoms with Crippen LogP contribution in [0, 0.1) is 24.4 Å². The topological polar surface area (TPSA) is 55.4 Å². The molecule has 0 heterocycles. The van der Waals surface area contributed by atoms with Crippen molar-refractivity contribution in [2.75, 3.05) is 11.9 Å². The van der Waals surface area contributed by atoms with E-state index in [1.165, 1.54) is 12.1 Å². The van der Waals surface area contributed by atoms with Gasteiger partial charge >= 0.3 is 5.97 Å². The quantitative estimate of drug-likeness (QED) is 0.879. The Bertz CT molecular complexity index is 762. The number of hydrogen-bond acceptors (Lipinski definition) is 3. The number of aryl methyl sites for hydroxylation is 1. The van der Waals surface area contributed by atoms with Crippen LogP contribution in [0.25, 0.3) is 0 Å². The molecule has 0 aliphatic heterocycles. The molecule has 2 aromatic rings. The third-order valence-electron chi connectivity index (χ3n) is 2.96. The second kappa shape index (κ2) is 6.95. The maximum absolute atomic E-state index is 13.4. The maximum atomic E-state index is 13.4. The van der Waals surface area contributed by atoms with Crippen molar-refractivity contribution >= 4 is 17.6 Å². The molecule has 0 bridgehead atoms. The summed E-state index contributed by atoms with van der Waals surface area (Å²) in [6.45, 7) is 0.973. The first-order valence-electron chi connectivity index (χ1n) is 6.55. The number of amides is 1. The highest BCUT2D eigenvalue weighted by Crippen LogP contribution is 2.16. The minimum atomic E-state index is -1.10. The van der Waals surface area contributed by atoms with Crippen LogP contribution in [0.4, 0.5) is 18.9 Å². The van der Waals surface area contributed by atoms with Gasteiger partial charge in [-0.2, -0.15) is 0 Å². The van der Waals surface area contributed by atoms with Crippen molar-refractivity contribution < 1.29 is 27.5 Å². The summed E-state index contributed by atoms with van der Waals surface area (Å²) in [6, 6.07) is 6.19. The lowest BCUT2D eigenvalue weighted by Crippen LogP contribution is -2.21. The number of ether oxygens (including phenoxy) is 1. The van der Waals surface area contributed by atoms with E-state index in [1.54, 1.807) is 6.92 Å². The molecule has 1 amide bonds. The van der Waals surface area contributed by atoms with Gasteiger partial charge in [-0.05, 0) is 36.8 Å². The highest BCUT2D eigenvalue weighted by Gasteiger charge is 2.16. The lowest BCUT2D eigenvalue weighted by Gasteiger charge is -2.09. The van der Waals surface area contributed by atoms with Crippen LogP contribution in [0.1, 0.15) is 15.9 Å². The molecule has 4 nitrogen and oxygen atoms in total. The Morgan fingerprint density at radius 1 is 1.04 bits per heavy atom. The predicted octanol–water partition coefficient (Wildman–Crippen LogP) is 3.21. The number of hydrogen-bond donors (Lipinski definition) is 1. The first-order chi connectivity index (χ1) is 10.9. The van der Waals surface area contributed by atoms with E-state index in [0.717, 1.165) is 18.2 Å². The van der Waals surface area contributed by atoms with Gasteiger partial charge in [0, 0.05) is 11.8 Å². The number of carbonyl (C=O) groups excluding carboxylic acids is 2. The van der Waals surface area contributed by atoms with Gasteiger partial charge in [-0.15, -0.1) is 0 Å². The Morgan fingerprint density at radius 3 is 2.39 bits per heavy atom. The smallest absolute Gasteiger partial charge is 0.341 e. The molecule has 0 aliphatic rings. The van der Waals surface area contributed by atoms with Crippen molar-refractivity contribution in [2.45, 2.75) is 6.92 Å². The number of esters is 1. The largest absolute Gasteiger partial charge is 0.452 e. The van der Waals surface area contributed by atoms with Crippen LogP contribution < -0.4 is 5.32 Å². The molecule has 0 aromatic heterocycles. The minimum absolute atomic E-state index is 0.235. The second-order valence-corrected chi connectivity index (χ2v) is 4.71. The Balaban J connectivity index is 1.96. The Labute approximate surface area is 129 Å². The van der Waals surface area contributed by atoms with Gasteiger partial charge in [0.25, 0.3) is 5.91 Å². The van der Waals surface area contributed by atoms with Crippen LogP contribution in [0.2, 0.25) is 0 Å². The van der Waals surface area contributed by atoms with Gasteiger partial charge in [0.15, 0.2) is 6.61 Å². The number of rotatable bonds is 4. The third kappa shape index (κ3) is 4.32. The van der Waals surface area contributed by atoms with Crippen LogP contribution in [-0.4, -0.2) is 18.5 Å². The number of halogens is 3. The highest BCUT2D eigenvalue weighted by molar-refractivity contribution is 5.96. The van der Waals surface area contributed by atoms with Gasteiger partial charge < -0.3 is 10.1 Å². The SMILES string of the molecule is Cc1ccc(F)cc1NC(=O)COC(=O)c1ccc(F)cc1F. The number of nitrogens with one attached hydrogen (secondary N) is 1. The van der Waals surface area contributed by atoms with E-state index in [0.29, 0.717) is 11.6 Å². The normalized spacial score (nSPS) is 10.3. The molecule has 0 fully saturated rings. The average molecular weight is 323 g/mol. The summed E-state index contributed by atoms with van der Waals surface area (Å²) in [5, 5.41) is 2.37. The molecule has 120 valence electrons. The average Bonchev–Trinajstić information content (AvgIpc) is 2.48. The summed E-state index contributed by atoms with van der Waals surface area (Å²) < 4.78 is 43.9. The van der Waals surface area contributed by atoms with E-state index in [9.17, 15) is 22.8 Å². The van der Waals surface area contributed by atoms with Crippen molar-refractivity contribution in [3.8, 4) is 0 Å². The lowest BCUT2D eigenvalue weighted by molar-refractivity contribution is -0.119. The van der Waals surface area contributed by atoms with E-state index in [-0.39, 0.29) is 5.69 Å². The van der Waals surface area contributed by atoms with Crippen LogP contribution >= 0.6 is 0 Å². The summed E-state index contributed by atoms with van der Waals surface area (Å²) in [6.07, 6.45) is 0. The fourth-order valence-electron chi connectivity index (χ4n) is 1.78. The van der Waals surface area contributed by atoms with E-state index in [1.807, 2.05) is 0 Å². The van der Waals surface area contributed by atoms with E-state index in [2.05, 4.69) is 10.1 Å². The van der Waals surface area contributed by atoms with Gasteiger partial charge in [-0.1, -0.05) is 6.07 Å². The summed E-state index contributed by atoms with van der Waals surface area (Å²) in [4.78, 5) is 23.3. The Kier molecular flexibility index (Phi) is 5.00. The fraction of sp³-hybridized carbons (Fsp3) is 0.125. The zero-order chi connectivity index (χ0) is 17.0. The summed E-state index contributed by atoms with van der Waals surface area (Å²) in [7, 11) is 0. The number of benzene rings is 2. The standard InChI is InChI=1S/C16H12F3NO3/c1-9-2-3-11(18)7-14(9)20-15(21)8-23-16(22)12-5-4-10(17)6-13(12)19/h2-7H,8H2,1H3,(H,20,21). The first kappa shape index (κ1) is 16.5. The highest BCUT2D eigenvalue weighted by atomic mass is 19.1. The van der Waals surface area contributed by atoms with Crippen molar-refractivity contribution in [3.05, 3.63) is 65.0 Å². The second-order valence-electron chi connectivity index (χ2n) is 4.71. The van der Waals surface area contributed by atoms with Crippen LogP contribution in [0.3, 0.4) is 0 Å². The van der Waals surface area contributed by atoms with Crippen molar-refractivity contribution in [1.82, 2.24) is 0 Å². The molecular formula is C16H12F3NO3. The van der Waals surface area contributed by atoms with E-state index >= 15 is 0 Å². The molecule has 2 aromatic carbocycles. The molecule has 0 saturated heterocycles. The van der Waals surface area contributed by atoms with Crippen molar-refractivity contribution in [3.63, 3.8) is 0 Å². The van der Waals surface area contributed by atoms with Gasteiger partial charge in [-0.25, -0.2) is 18.0 Å². The first-order valence-corrected chi connectivity index (χ1v) is 6.55. The predicted molar refractivity (Wildman–Crippen MR) is 76.4 cm³/mol. The number of anilines is 1. The molecule has 0 saturated carbocycles. The summed E-state index contributed by atoms with van der Waals surface area (Å²) in [5.41, 5.74) is 0.371. The van der Waals surface area contributed by atoms with Crippen molar-refractivity contribution in [2.24, 2.45) is 0 Å². The summed E-state index contributed by atoms with van der Waals surface area (Å²) in [5.74, 6) is -4.27. The zero-order valence-electron chi connectivity index (χ0n) is 12.0. The Hall–Kier alpha value is -2.83. The van der Waals surface area contributed by atoms with Crippen LogP contribution in [0.5, 0.6) is 0 Å². The van der Waals surface area contributed by atoms with Gasteiger partial charge in [0.2, 0.25) is 0 Å². The molecule has 0 radical (unpaired) electrons. The molecule has 2 rings (SSSR count). The van der Waals surface area contributed by atoms with Gasteiger partial charge in [0.05, 0.1) is 5.56 Å². The molecule has 7 heteroatoms. The van der Waals surface area contributed by atoms with Gasteiger partial charge in [-0.3, -0.25) is 4.79 Å². The fourth-order valence-corrected chi connectivity index (χ4v) is 1.78. The Morgan fingerprint density at radius 2 is 1.70 bits per heavy atom. The van der Waals surface area contributed by atoms with Crippen molar-refractivity contribution in [1.29, 1.82) is 0 Å². The van der Waals surface area contributed by atoms with E-state index in [4.69, 9.17) is 0 Å². The number of carbonyl (C=O) groups is 2. The zero-order valence-corrected chi connectivity index (χ0v) is 12.0. The molecule has 1 N–H and O–H groups in total. The van der Waals surface area contributed by atoms with Crippen LogP contribution in [-0.2, 0) is 9.53 Å². The maximum Gasteiger partial charge on any atom is 0.341 e. The molecule has 0 atom stereocenters. The monoisotopic (exact) mass is 323 g/mol. The molecule has 0 spiro atoms. The lowest BCUT2D eigenvalue weighted by atomic mass is 10.2. The molecule has 0 unspecified atom stereocenters. The minimum Gasteiger partial charge on any atom is -0.452 e. The third-order valence-corrected chi connectivity index (χ3v) is 2.96. The molecule has 0 aliphatic carbocycles. The molecule has 23 heavy (non-hydrogen) atoms. The van der Waals surface area contributed by atoms with Gasteiger partial charge in [0.1, 0.15) is 17.5 Å². The van der Waals surface area contributed by atoms with Crippen LogP contribution in [0.15, 0.2) is 36.4 Å². The molecular weight excluding hydrogens is 311 g/mol.